The van der Waals surface area contributed by atoms with Crippen molar-refractivity contribution in [2.24, 2.45) is 0 Å². The van der Waals surface area contributed by atoms with Gasteiger partial charge in [0.2, 0.25) is 5.91 Å². The number of amides is 2. The van der Waals surface area contributed by atoms with E-state index < -0.39 is 11.6 Å². The minimum absolute atomic E-state index is 0.164. The summed E-state index contributed by atoms with van der Waals surface area (Å²) in [6, 6.07) is 10.9. The van der Waals surface area contributed by atoms with E-state index in [9.17, 15) is 14.0 Å². The van der Waals surface area contributed by atoms with Crippen molar-refractivity contribution in [1.29, 1.82) is 0 Å². The molecule has 0 aliphatic heterocycles. The third-order valence-electron chi connectivity index (χ3n) is 4.69. The van der Waals surface area contributed by atoms with Crippen LogP contribution in [-0.4, -0.2) is 34.9 Å². The highest BCUT2D eigenvalue weighted by Gasteiger charge is 2.28. The van der Waals surface area contributed by atoms with Crippen molar-refractivity contribution in [1.82, 2.24) is 10.2 Å². The third-order valence-corrected chi connectivity index (χ3v) is 5.31. The summed E-state index contributed by atoms with van der Waals surface area (Å²) in [5.74, 6) is -0.410. The van der Waals surface area contributed by atoms with E-state index in [2.05, 4.69) is 28.2 Å². The summed E-state index contributed by atoms with van der Waals surface area (Å²) < 4.78 is 19.8. The Morgan fingerprint density at radius 2 is 1.74 bits per heavy atom. The molecule has 31 heavy (non-hydrogen) atoms. The Hall–Kier alpha value is -2.41. The highest BCUT2D eigenvalue weighted by Crippen LogP contribution is 2.26. The zero-order valence-electron chi connectivity index (χ0n) is 18.7. The van der Waals surface area contributed by atoms with Crippen molar-refractivity contribution >= 4 is 27.7 Å². The summed E-state index contributed by atoms with van der Waals surface area (Å²) >= 11 is 3.47. The molecule has 0 radical (unpaired) electrons. The molecule has 0 bridgehead atoms. The number of ether oxygens (including phenoxy) is 1. The van der Waals surface area contributed by atoms with Crippen molar-refractivity contribution in [3.05, 3.63) is 63.9 Å². The van der Waals surface area contributed by atoms with Crippen LogP contribution in [-0.2, 0) is 22.6 Å². The minimum atomic E-state index is -0.730. The fourth-order valence-electron chi connectivity index (χ4n) is 2.95. The lowest BCUT2D eigenvalue weighted by atomic mass is 10.1. The maximum Gasteiger partial charge on any atom is 0.261 e. The van der Waals surface area contributed by atoms with Gasteiger partial charge in [-0.25, -0.2) is 4.39 Å². The molecular formula is C24H30BrFN2O3. The number of carbonyl (C=O) groups is 2. The monoisotopic (exact) mass is 492 g/mol. The molecule has 0 fully saturated rings. The molecule has 0 unspecified atom stereocenters. The van der Waals surface area contributed by atoms with Gasteiger partial charge in [-0.05, 0) is 85.4 Å². The van der Waals surface area contributed by atoms with E-state index in [1.165, 1.54) is 17.0 Å². The molecule has 0 aliphatic rings. The summed E-state index contributed by atoms with van der Waals surface area (Å²) in [6.07, 6.45) is 0.893. The predicted octanol–water partition coefficient (Wildman–Crippen LogP) is 4.86. The lowest BCUT2D eigenvalue weighted by molar-refractivity contribution is -0.142. The molecule has 0 aliphatic carbocycles. The predicted molar refractivity (Wildman–Crippen MR) is 123 cm³/mol. The zero-order chi connectivity index (χ0) is 23.2. The fourth-order valence-corrected chi connectivity index (χ4v) is 3.49. The van der Waals surface area contributed by atoms with Gasteiger partial charge in [-0.3, -0.25) is 9.59 Å². The van der Waals surface area contributed by atoms with E-state index in [0.29, 0.717) is 5.75 Å². The van der Waals surface area contributed by atoms with E-state index in [1.54, 1.807) is 19.1 Å². The van der Waals surface area contributed by atoms with Crippen molar-refractivity contribution in [3.8, 4) is 5.75 Å². The summed E-state index contributed by atoms with van der Waals surface area (Å²) in [7, 11) is 0. The van der Waals surface area contributed by atoms with Crippen LogP contribution in [0.2, 0.25) is 0 Å². The quantitative estimate of drug-likeness (QED) is 0.572. The number of carbonyl (C=O) groups excluding carboxylic acids is 2. The number of halogens is 2. The molecule has 0 spiro atoms. The molecule has 2 aromatic carbocycles. The highest BCUT2D eigenvalue weighted by atomic mass is 79.9. The van der Waals surface area contributed by atoms with Crippen molar-refractivity contribution in [2.75, 3.05) is 6.61 Å². The van der Waals surface area contributed by atoms with Gasteiger partial charge in [-0.15, -0.1) is 0 Å². The Labute approximate surface area is 192 Å². The van der Waals surface area contributed by atoms with Gasteiger partial charge in [0.05, 0.1) is 4.47 Å². The molecular weight excluding hydrogens is 463 g/mol. The maximum absolute atomic E-state index is 13.3. The third kappa shape index (κ3) is 7.65. The molecule has 1 N–H and O–H groups in total. The lowest BCUT2D eigenvalue weighted by Gasteiger charge is -2.31. The molecule has 5 nitrogen and oxygen atoms in total. The van der Waals surface area contributed by atoms with Gasteiger partial charge >= 0.3 is 0 Å². The van der Waals surface area contributed by atoms with Crippen molar-refractivity contribution in [3.63, 3.8) is 0 Å². The topological polar surface area (TPSA) is 58.6 Å². The van der Waals surface area contributed by atoms with Crippen LogP contribution >= 0.6 is 15.9 Å². The van der Waals surface area contributed by atoms with Gasteiger partial charge in [0.1, 0.15) is 17.6 Å². The van der Waals surface area contributed by atoms with Gasteiger partial charge in [0.15, 0.2) is 6.61 Å². The first-order valence-corrected chi connectivity index (χ1v) is 11.1. The normalized spacial score (nSPS) is 12.2. The molecule has 2 rings (SSSR count). The average molecular weight is 493 g/mol. The van der Waals surface area contributed by atoms with Crippen LogP contribution in [0.1, 0.15) is 45.7 Å². The summed E-state index contributed by atoms with van der Waals surface area (Å²) in [5, 5.41) is 2.90. The molecule has 2 amide bonds. The lowest BCUT2D eigenvalue weighted by Crippen LogP contribution is -2.53. The van der Waals surface area contributed by atoms with E-state index in [0.717, 1.165) is 22.0 Å². The summed E-state index contributed by atoms with van der Waals surface area (Å²) in [5.41, 5.74) is 1.44. The number of nitrogens with one attached hydrogen (secondary N) is 1. The van der Waals surface area contributed by atoms with Crippen LogP contribution < -0.4 is 10.1 Å². The first-order chi connectivity index (χ1) is 14.5. The number of rotatable bonds is 8. The fraction of sp³-hybridized carbons (Fsp3) is 0.417. The van der Waals surface area contributed by atoms with E-state index >= 15 is 0 Å². The summed E-state index contributed by atoms with van der Waals surface area (Å²) in [6.45, 7) is 9.31. The highest BCUT2D eigenvalue weighted by molar-refractivity contribution is 9.10. The zero-order valence-corrected chi connectivity index (χ0v) is 20.3. The molecule has 0 saturated heterocycles. The first-order valence-electron chi connectivity index (χ1n) is 10.3. The Morgan fingerprint density at radius 1 is 1.13 bits per heavy atom. The van der Waals surface area contributed by atoms with Gasteiger partial charge in [0.25, 0.3) is 5.91 Å². The van der Waals surface area contributed by atoms with Crippen LogP contribution in [0.3, 0.4) is 0 Å². The first kappa shape index (κ1) is 24.9. The SMILES string of the molecule is CCc1ccc(OCC(=O)N(Cc2ccc(F)cc2)[C@H](C)C(=O)NC(C)(C)C)c(Br)c1. The largest absolute Gasteiger partial charge is 0.483 e. The number of hydrogen-bond donors (Lipinski definition) is 1. The Morgan fingerprint density at radius 3 is 2.29 bits per heavy atom. The Balaban J connectivity index is 2.18. The van der Waals surface area contributed by atoms with Crippen molar-refractivity contribution in [2.45, 2.75) is 59.2 Å². The second-order valence-electron chi connectivity index (χ2n) is 8.47. The number of benzene rings is 2. The van der Waals surface area contributed by atoms with Gasteiger partial charge in [-0.1, -0.05) is 25.1 Å². The Bertz CT molecular complexity index is 910. The molecule has 2 aromatic rings. The maximum atomic E-state index is 13.3. The second kappa shape index (κ2) is 10.8. The molecule has 0 heterocycles. The van der Waals surface area contributed by atoms with Gasteiger partial charge in [-0.2, -0.15) is 0 Å². The van der Waals surface area contributed by atoms with E-state index in [4.69, 9.17) is 4.74 Å². The molecule has 0 aromatic heterocycles. The smallest absolute Gasteiger partial charge is 0.261 e. The number of hydrogen-bond acceptors (Lipinski definition) is 3. The molecule has 168 valence electrons. The summed E-state index contributed by atoms with van der Waals surface area (Å²) in [4.78, 5) is 27.2. The molecule has 1 atom stereocenters. The van der Waals surface area contributed by atoms with Crippen LogP contribution in [0.4, 0.5) is 4.39 Å². The van der Waals surface area contributed by atoms with E-state index in [-0.39, 0.29) is 30.8 Å². The van der Waals surface area contributed by atoms with Crippen LogP contribution in [0.25, 0.3) is 0 Å². The van der Waals surface area contributed by atoms with E-state index in [1.807, 2.05) is 39.0 Å². The van der Waals surface area contributed by atoms with Gasteiger partial charge in [0, 0.05) is 12.1 Å². The Kier molecular flexibility index (Phi) is 8.62. The number of nitrogens with zero attached hydrogens (tertiary/aromatic N) is 1. The van der Waals surface area contributed by atoms with Crippen LogP contribution in [0.15, 0.2) is 46.9 Å². The van der Waals surface area contributed by atoms with Crippen molar-refractivity contribution < 1.29 is 18.7 Å². The second-order valence-corrected chi connectivity index (χ2v) is 9.32. The van der Waals surface area contributed by atoms with Crippen LogP contribution in [0.5, 0.6) is 5.75 Å². The van der Waals surface area contributed by atoms with Crippen LogP contribution in [0, 0.1) is 5.82 Å². The standard InChI is InChI=1S/C24H30BrFN2O3/c1-6-17-9-12-21(20(25)13-17)31-15-22(29)28(14-18-7-10-19(26)11-8-18)16(2)23(30)27-24(3,4)5/h7-13,16H,6,14-15H2,1-5H3,(H,27,30)/t16-/m1/s1. The minimum Gasteiger partial charge on any atom is -0.483 e. The van der Waals surface area contributed by atoms with Gasteiger partial charge < -0.3 is 15.0 Å². The number of aryl methyl sites for hydroxylation is 1. The average Bonchev–Trinajstić information content (AvgIpc) is 2.70. The molecule has 7 heteroatoms. The molecule has 0 saturated carbocycles.